The molecule has 0 bridgehead atoms. The SMILES string of the molecule is CC.CC[N+](CC)(CC)CC(=O)Nc1c(C)cc(C)cc1C. The molecule has 1 N–H and O–H groups in total. The lowest BCUT2D eigenvalue weighted by atomic mass is 10.1. The van der Waals surface area contributed by atoms with E-state index in [1.165, 1.54) is 5.56 Å². The van der Waals surface area contributed by atoms with Gasteiger partial charge in [0.05, 0.1) is 19.6 Å². The number of amides is 1. The first-order chi connectivity index (χ1) is 10.4. The van der Waals surface area contributed by atoms with Gasteiger partial charge in [-0.3, -0.25) is 4.79 Å². The van der Waals surface area contributed by atoms with Crippen molar-refractivity contribution in [2.75, 3.05) is 31.5 Å². The Labute approximate surface area is 137 Å². The minimum Gasteiger partial charge on any atom is -0.321 e. The molecule has 0 saturated heterocycles. The first-order valence-corrected chi connectivity index (χ1v) is 8.60. The first-order valence-electron chi connectivity index (χ1n) is 8.60. The van der Waals surface area contributed by atoms with Crippen LogP contribution in [0.25, 0.3) is 0 Å². The van der Waals surface area contributed by atoms with Gasteiger partial charge in [-0.25, -0.2) is 0 Å². The van der Waals surface area contributed by atoms with Crippen LogP contribution in [0.1, 0.15) is 51.3 Å². The molecule has 0 spiro atoms. The van der Waals surface area contributed by atoms with Crippen molar-refractivity contribution in [1.82, 2.24) is 0 Å². The van der Waals surface area contributed by atoms with Gasteiger partial charge in [0.2, 0.25) is 0 Å². The molecule has 1 aromatic rings. The molecule has 0 unspecified atom stereocenters. The maximum Gasteiger partial charge on any atom is 0.279 e. The fourth-order valence-corrected chi connectivity index (χ4v) is 2.87. The van der Waals surface area contributed by atoms with Gasteiger partial charge in [0.25, 0.3) is 5.91 Å². The van der Waals surface area contributed by atoms with E-state index < -0.39 is 0 Å². The molecule has 3 heteroatoms. The van der Waals surface area contributed by atoms with Crippen molar-refractivity contribution >= 4 is 11.6 Å². The number of quaternary nitrogens is 1. The number of rotatable bonds is 6. The Morgan fingerprint density at radius 3 is 1.73 bits per heavy atom. The number of anilines is 1. The van der Waals surface area contributed by atoms with Crippen LogP contribution >= 0.6 is 0 Å². The Balaban J connectivity index is 0.00000211. The number of nitrogens with one attached hydrogen (secondary N) is 1. The Morgan fingerprint density at radius 1 is 0.955 bits per heavy atom. The topological polar surface area (TPSA) is 29.1 Å². The summed E-state index contributed by atoms with van der Waals surface area (Å²) in [5.74, 6) is 0.116. The van der Waals surface area contributed by atoms with Crippen molar-refractivity contribution in [3.63, 3.8) is 0 Å². The number of carbonyl (C=O) groups is 1. The fraction of sp³-hybridized carbons (Fsp3) is 0.632. The number of benzene rings is 1. The maximum absolute atomic E-state index is 12.4. The Bertz CT molecular complexity index is 445. The lowest BCUT2D eigenvalue weighted by molar-refractivity contribution is -0.915. The summed E-state index contributed by atoms with van der Waals surface area (Å²) >= 11 is 0. The minimum atomic E-state index is 0.116. The smallest absolute Gasteiger partial charge is 0.279 e. The molecule has 0 aromatic heterocycles. The van der Waals surface area contributed by atoms with Crippen LogP contribution in [0, 0.1) is 20.8 Å². The summed E-state index contributed by atoms with van der Waals surface area (Å²) in [7, 11) is 0. The highest BCUT2D eigenvalue weighted by atomic mass is 16.2. The van der Waals surface area contributed by atoms with E-state index in [0.29, 0.717) is 6.54 Å². The molecule has 3 nitrogen and oxygen atoms in total. The van der Waals surface area contributed by atoms with Gasteiger partial charge in [0.15, 0.2) is 6.54 Å². The maximum atomic E-state index is 12.4. The Morgan fingerprint density at radius 2 is 1.36 bits per heavy atom. The van der Waals surface area contributed by atoms with E-state index in [1.807, 2.05) is 13.8 Å². The molecular weight excluding hydrogens is 272 g/mol. The lowest BCUT2D eigenvalue weighted by Gasteiger charge is -2.35. The number of aryl methyl sites for hydroxylation is 3. The normalized spacial score (nSPS) is 10.7. The van der Waals surface area contributed by atoms with Crippen LogP contribution in [-0.4, -0.2) is 36.6 Å². The summed E-state index contributed by atoms with van der Waals surface area (Å²) in [6.07, 6.45) is 0. The van der Waals surface area contributed by atoms with Crippen molar-refractivity contribution in [3.05, 3.63) is 28.8 Å². The average molecular weight is 308 g/mol. The van der Waals surface area contributed by atoms with E-state index >= 15 is 0 Å². The summed E-state index contributed by atoms with van der Waals surface area (Å²) in [5, 5.41) is 3.11. The van der Waals surface area contributed by atoms with E-state index in [9.17, 15) is 4.79 Å². The van der Waals surface area contributed by atoms with Crippen molar-refractivity contribution in [3.8, 4) is 0 Å². The second-order valence-corrected chi connectivity index (χ2v) is 5.77. The number of carbonyl (C=O) groups excluding carboxylic acids is 1. The predicted octanol–water partition coefficient (Wildman–Crippen LogP) is 4.45. The highest BCUT2D eigenvalue weighted by Crippen LogP contribution is 2.22. The highest BCUT2D eigenvalue weighted by Gasteiger charge is 2.25. The fourth-order valence-electron chi connectivity index (χ4n) is 2.87. The summed E-state index contributed by atoms with van der Waals surface area (Å²) in [4.78, 5) is 12.4. The van der Waals surface area contributed by atoms with E-state index in [-0.39, 0.29) is 5.91 Å². The molecule has 1 amide bonds. The summed E-state index contributed by atoms with van der Waals surface area (Å²) in [6.45, 7) is 20.2. The lowest BCUT2D eigenvalue weighted by Crippen LogP contribution is -2.52. The molecule has 126 valence electrons. The zero-order valence-corrected chi connectivity index (χ0v) is 15.8. The molecule has 0 aliphatic rings. The van der Waals surface area contributed by atoms with Crippen molar-refractivity contribution in [2.24, 2.45) is 0 Å². The number of nitrogens with zero attached hydrogens (tertiary/aromatic N) is 1. The predicted molar refractivity (Wildman–Crippen MR) is 97.4 cm³/mol. The standard InChI is InChI=1S/C17H28N2O.C2H6/c1-7-19(8-2,9-3)12-16(20)18-17-14(5)10-13(4)11-15(17)6;1-2/h10-11H,7-9,12H2,1-6H3;1-2H3/p+1. The molecule has 0 saturated carbocycles. The third-order valence-electron chi connectivity index (χ3n) is 4.43. The van der Waals surface area contributed by atoms with Crippen molar-refractivity contribution < 1.29 is 9.28 Å². The van der Waals surface area contributed by atoms with Gasteiger partial charge in [0.1, 0.15) is 0 Å². The van der Waals surface area contributed by atoms with E-state index in [0.717, 1.165) is 40.9 Å². The van der Waals surface area contributed by atoms with E-state index in [4.69, 9.17) is 0 Å². The van der Waals surface area contributed by atoms with Gasteiger partial charge >= 0.3 is 0 Å². The van der Waals surface area contributed by atoms with Crippen LogP contribution < -0.4 is 5.32 Å². The second-order valence-electron chi connectivity index (χ2n) is 5.77. The van der Waals surface area contributed by atoms with Crippen LogP contribution in [0.2, 0.25) is 0 Å². The van der Waals surface area contributed by atoms with E-state index in [2.05, 4.69) is 59.0 Å². The van der Waals surface area contributed by atoms with Crippen molar-refractivity contribution in [2.45, 2.75) is 55.4 Å². The molecule has 0 aliphatic heterocycles. The molecule has 0 fully saturated rings. The average Bonchev–Trinajstić information content (AvgIpc) is 2.50. The van der Waals surface area contributed by atoms with Crippen LogP contribution in [0.4, 0.5) is 5.69 Å². The third kappa shape index (κ3) is 5.45. The largest absolute Gasteiger partial charge is 0.321 e. The van der Waals surface area contributed by atoms with Gasteiger partial charge in [0, 0.05) is 5.69 Å². The Hall–Kier alpha value is -1.35. The molecule has 22 heavy (non-hydrogen) atoms. The number of hydrogen-bond donors (Lipinski definition) is 1. The molecule has 0 aliphatic carbocycles. The second kappa shape index (κ2) is 9.62. The van der Waals surface area contributed by atoms with Gasteiger partial charge in [-0.05, 0) is 52.7 Å². The van der Waals surface area contributed by atoms with Crippen LogP contribution in [0.15, 0.2) is 12.1 Å². The summed E-state index contributed by atoms with van der Waals surface area (Å²) < 4.78 is 0.843. The van der Waals surface area contributed by atoms with Gasteiger partial charge in [-0.15, -0.1) is 0 Å². The zero-order chi connectivity index (χ0) is 17.3. The quantitative estimate of drug-likeness (QED) is 0.773. The zero-order valence-electron chi connectivity index (χ0n) is 15.8. The van der Waals surface area contributed by atoms with Crippen molar-refractivity contribution in [1.29, 1.82) is 0 Å². The van der Waals surface area contributed by atoms with Gasteiger partial charge < -0.3 is 9.80 Å². The molecule has 0 atom stereocenters. The minimum absolute atomic E-state index is 0.116. The Kier molecular flexibility index (Phi) is 9.03. The van der Waals surface area contributed by atoms with Gasteiger partial charge in [-0.2, -0.15) is 0 Å². The van der Waals surface area contributed by atoms with Crippen LogP contribution in [0.3, 0.4) is 0 Å². The van der Waals surface area contributed by atoms with Crippen LogP contribution in [-0.2, 0) is 4.79 Å². The first kappa shape index (κ1) is 20.6. The number of likely N-dealkylation sites (N-methyl/N-ethyl adjacent to an activating group) is 1. The summed E-state index contributed by atoms with van der Waals surface area (Å²) in [6, 6.07) is 4.23. The van der Waals surface area contributed by atoms with Crippen LogP contribution in [0.5, 0.6) is 0 Å². The molecule has 0 heterocycles. The van der Waals surface area contributed by atoms with E-state index in [1.54, 1.807) is 0 Å². The monoisotopic (exact) mass is 307 g/mol. The molecule has 1 aromatic carbocycles. The summed E-state index contributed by atoms with van der Waals surface area (Å²) in [5.41, 5.74) is 4.48. The third-order valence-corrected chi connectivity index (χ3v) is 4.43. The molecular formula is C19H35N2O+. The highest BCUT2D eigenvalue weighted by molar-refractivity contribution is 5.93. The number of hydrogen-bond acceptors (Lipinski definition) is 1. The van der Waals surface area contributed by atoms with Gasteiger partial charge in [-0.1, -0.05) is 31.5 Å². The molecule has 0 radical (unpaired) electrons. The molecule has 1 rings (SSSR count).